The minimum absolute atomic E-state index is 0.00944. The van der Waals surface area contributed by atoms with Crippen molar-refractivity contribution < 1.29 is 9.59 Å². The lowest BCUT2D eigenvalue weighted by atomic mass is 10.2. The van der Waals surface area contributed by atoms with Crippen LogP contribution in [0.2, 0.25) is 0 Å². The normalized spacial score (nSPS) is 20.0. The summed E-state index contributed by atoms with van der Waals surface area (Å²) in [5, 5.41) is 0. The quantitative estimate of drug-likeness (QED) is 0.692. The number of likely N-dealkylation sites (N-methyl/N-ethyl adjacent to an activating group) is 1. The Morgan fingerprint density at radius 1 is 1.56 bits per heavy atom. The molecule has 1 atom stereocenters. The van der Waals surface area contributed by atoms with Gasteiger partial charge in [0.05, 0.1) is 5.88 Å². The van der Waals surface area contributed by atoms with E-state index in [1.165, 1.54) is 6.08 Å². The Morgan fingerprint density at radius 3 is 2.69 bits per heavy atom. The van der Waals surface area contributed by atoms with Crippen LogP contribution in [0.15, 0.2) is 12.7 Å². The fourth-order valence-electron chi connectivity index (χ4n) is 1.47. The number of carbonyl (C=O) groups is 2. The van der Waals surface area contributed by atoms with Crippen LogP contribution in [0.3, 0.4) is 0 Å². The van der Waals surface area contributed by atoms with Crippen LogP contribution < -0.4 is 0 Å². The van der Waals surface area contributed by atoms with Crippen LogP contribution >= 0.6 is 11.8 Å². The summed E-state index contributed by atoms with van der Waals surface area (Å²) in [6.07, 6.45) is 1.27. The number of hydrogen-bond acceptors (Lipinski definition) is 3. The highest BCUT2D eigenvalue weighted by Gasteiger charge is 2.35. The highest BCUT2D eigenvalue weighted by atomic mass is 32.2. The van der Waals surface area contributed by atoms with Crippen LogP contribution in [0, 0.1) is 0 Å². The van der Waals surface area contributed by atoms with Gasteiger partial charge in [-0.25, -0.2) is 0 Å². The molecule has 1 fully saturated rings. The molecular formula is C11H18N2O2S. The summed E-state index contributed by atoms with van der Waals surface area (Å²) in [5.74, 6) is 1.10. The van der Waals surface area contributed by atoms with Gasteiger partial charge in [0.25, 0.3) is 0 Å². The molecule has 1 rings (SSSR count). The number of carbonyl (C=O) groups excluding carboxylic acids is 2. The van der Waals surface area contributed by atoms with E-state index in [1.807, 2.05) is 13.8 Å². The van der Waals surface area contributed by atoms with E-state index in [4.69, 9.17) is 0 Å². The minimum atomic E-state index is -0.331. The molecular weight excluding hydrogens is 224 g/mol. The SMILES string of the molecule is C=CC(=O)N1CSCC1C(=O)N(C)C(C)C. The van der Waals surface area contributed by atoms with E-state index in [9.17, 15) is 9.59 Å². The molecule has 1 saturated heterocycles. The smallest absolute Gasteiger partial charge is 0.247 e. The van der Waals surface area contributed by atoms with Gasteiger partial charge in [-0.15, -0.1) is 11.8 Å². The highest BCUT2D eigenvalue weighted by Crippen LogP contribution is 2.22. The second-order valence-electron chi connectivity index (χ2n) is 4.07. The number of thioether (sulfide) groups is 1. The first-order valence-corrected chi connectivity index (χ1v) is 6.42. The van der Waals surface area contributed by atoms with E-state index >= 15 is 0 Å². The molecule has 0 aliphatic carbocycles. The molecule has 4 nitrogen and oxygen atoms in total. The molecule has 0 aromatic carbocycles. The molecule has 90 valence electrons. The third kappa shape index (κ3) is 2.58. The Balaban J connectivity index is 2.75. The van der Waals surface area contributed by atoms with Gasteiger partial charge in [-0.1, -0.05) is 6.58 Å². The lowest BCUT2D eigenvalue weighted by Gasteiger charge is -2.28. The van der Waals surface area contributed by atoms with Crippen molar-refractivity contribution in [2.75, 3.05) is 18.7 Å². The molecule has 2 amide bonds. The molecule has 0 saturated carbocycles. The van der Waals surface area contributed by atoms with Gasteiger partial charge in [0.15, 0.2) is 0 Å². The predicted octanol–water partition coefficient (Wildman–Crippen LogP) is 0.941. The summed E-state index contributed by atoms with van der Waals surface area (Å²) in [6, 6.07) is -0.179. The Morgan fingerprint density at radius 2 is 2.19 bits per heavy atom. The summed E-state index contributed by atoms with van der Waals surface area (Å²) in [7, 11) is 1.77. The van der Waals surface area contributed by atoms with E-state index in [0.717, 1.165) is 0 Å². The highest BCUT2D eigenvalue weighted by molar-refractivity contribution is 7.99. The zero-order valence-corrected chi connectivity index (χ0v) is 10.8. The van der Waals surface area contributed by atoms with Gasteiger partial charge in [-0.05, 0) is 19.9 Å². The lowest BCUT2D eigenvalue weighted by Crippen LogP contribution is -2.49. The fraction of sp³-hybridized carbons (Fsp3) is 0.636. The van der Waals surface area contributed by atoms with Crippen LogP contribution in [0.4, 0.5) is 0 Å². The average Bonchev–Trinajstić information content (AvgIpc) is 2.74. The Bertz CT molecular complexity index is 304. The second kappa shape index (κ2) is 5.39. The molecule has 0 bridgehead atoms. The van der Waals surface area contributed by atoms with Gasteiger partial charge in [-0.2, -0.15) is 0 Å². The zero-order chi connectivity index (χ0) is 12.3. The first kappa shape index (κ1) is 13.1. The van der Waals surface area contributed by atoms with Gasteiger partial charge in [0.1, 0.15) is 6.04 Å². The third-order valence-corrected chi connectivity index (χ3v) is 3.76. The molecule has 1 unspecified atom stereocenters. The maximum absolute atomic E-state index is 12.1. The zero-order valence-electron chi connectivity index (χ0n) is 9.97. The van der Waals surface area contributed by atoms with E-state index in [1.54, 1.807) is 28.6 Å². The number of nitrogens with zero attached hydrogens (tertiary/aromatic N) is 2. The van der Waals surface area contributed by atoms with Crippen molar-refractivity contribution in [1.29, 1.82) is 0 Å². The van der Waals surface area contributed by atoms with Crippen LogP contribution in [0.25, 0.3) is 0 Å². The molecule has 0 spiro atoms. The molecule has 0 aromatic heterocycles. The molecule has 1 heterocycles. The van der Waals surface area contributed by atoms with E-state index in [-0.39, 0.29) is 23.9 Å². The summed E-state index contributed by atoms with van der Waals surface area (Å²) in [5.41, 5.74) is 0. The molecule has 5 heteroatoms. The van der Waals surface area contributed by atoms with Crippen LogP contribution in [-0.4, -0.2) is 52.4 Å². The molecule has 0 radical (unpaired) electrons. The van der Waals surface area contributed by atoms with Crippen molar-refractivity contribution in [3.63, 3.8) is 0 Å². The predicted molar refractivity (Wildman–Crippen MR) is 66.1 cm³/mol. The van der Waals surface area contributed by atoms with E-state index in [2.05, 4.69) is 6.58 Å². The number of rotatable bonds is 3. The van der Waals surface area contributed by atoms with Crippen molar-refractivity contribution in [2.24, 2.45) is 0 Å². The molecule has 16 heavy (non-hydrogen) atoms. The molecule has 0 aromatic rings. The summed E-state index contributed by atoms with van der Waals surface area (Å²) in [6.45, 7) is 7.37. The summed E-state index contributed by atoms with van der Waals surface area (Å²) >= 11 is 1.60. The second-order valence-corrected chi connectivity index (χ2v) is 5.07. The van der Waals surface area contributed by atoms with Crippen LogP contribution in [0.5, 0.6) is 0 Å². The van der Waals surface area contributed by atoms with Crippen molar-refractivity contribution in [3.8, 4) is 0 Å². The first-order chi connectivity index (χ1) is 7.49. The maximum Gasteiger partial charge on any atom is 0.247 e. The van der Waals surface area contributed by atoms with Gasteiger partial charge in [0.2, 0.25) is 11.8 Å². The van der Waals surface area contributed by atoms with Crippen molar-refractivity contribution in [2.45, 2.75) is 25.9 Å². The molecule has 1 aliphatic heterocycles. The lowest BCUT2D eigenvalue weighted by molar-refractivity contribution is -0.141. The largest absolute Gasteiger partial charge is 0.342 e. The van der Waals surface area contributed by atoms with Gasteiger partial charge in [0, 0.05) is 18.8 Å². The molecule has 0 N–H and O–H groups in total. The van der Waals surface area contributed by atoms with E-state index in [0.29, 0.717) is 11.6 Å². The number of hydrogen-bond donors (Lipinski definition) is 0. The first-order valence-electron chi connectivity index (χ1n) is 5.26. The van der Waals surface area contributed by atoms with Crippen molar-refractivity contribution in [3.05, 3.63) is 12.7 Å². The average molecular weight is 242 g/mol. The van der Waals surface area contributed by atoms with Gasteiger partial charge in [-0.3, -0.25) is 9.59 Å². The maximum atomic E-state index is 12.1. The van der Waals surface area contributed by atoms with Crippen molar-refractivity contribution in [1.82, 2.24) is 9.80 Å². The standard InChI is InChI=1S/C11H18N2O2S/c1-5-10(14)13-7-16-6-9(13)11(15)12(4)8(2)3/h5,8-9H,1,6-7H2,2-4H3. The third-order valence-electron chi connectivity index (χ3n) is 2.75. The van der Waals surface area contributed by atoms with Crippen LogP contribution in [-0.2, 0) is 9.59 Å². The Labute approximate surface area is 101 Å². The fourth-order valence-corrected chi connectivity index (χ4v) is 2.63. The minimum Gasteiger partial charge on any atom is -0.342 e. The monoisotopic (exact) mass is 242 g/mol. The number of amides is 2. The molecule has 1 aliphatic rings. The van der Waals surface area contributed by atoms with Gasteiger partial charge >= 0.3 is 0 Å². The topological polar surface area (TPSA) is 40.6 Å². The Kier molecular flexibility index (Phi) is 4.41. The van der Waals surface area contributed by atoms with E-state index < -0.39 is 0 Å². The summed E-state index contributed by atoms with van der Waals surface area (Å²) in [4.78, 5) is 26.9. The Hall–Kier alpha value is -0.970. The summed E-state index contributed by atoms with van der Waals surface area (Å²) < 4.78 is 0. The van der Waals surface area contributed by atoms with Crippen molar-refractivity contribution >= 4 is 23.6 Å². The van der Waals surface area contributed by atoms with Gasteiger partial charge < -0.3 is 9.80 Å². The van der Waals surface area contributed by atoms with Crippen LogP contribution in [0.1, 0.15) is 13.8 Å².